The first kappa shape index (κ1) is 14.5. The van der Waals surface area contributed by atoms with E-state index in [-0.39, 0.29) is 12.5 Å². The molecular weight excluding hydrogens is 256 g/mol. The minimum absolute atomic E-state index is 0.210. The monoisotopic (exact) mass is 276 g/mol. The largest absolute Gasteiger partial charge is 0.388 e. The number of nitrogens with zero attached hydrogens (tertiary/aromatic N) is 3. The molecule has 0 fully saturated rings. The van der Waals surface area contributed by atoms with Crippen molar-refractivity contribution < 1.29 is 9.90 Å². The quantitative estimate of drug-likeness (QED) is 0.861. The molecule has 0 aliphatic rings. The van der Waals surface area contributed by atoms with Crippen LogP contribution in [0, 0.1) is 5.92 Å². The zero-order chi connectivity index (χ0) is 14.8. The number of amides is 1. The molecule has 0 bridgehead atoms. The number of aliphatic hydroxyl groups is 1. The van der Waals surface area contributed by atoms with E-state index in [1.807, 2.05) is 13.8 Å². The number of hydrogen-bond donors (Lipinski definition) is 2. The zero-order valence-corrected chi connectivity index (χ0v) is 12.0. The first-order valence-corrected chi connectivity index (χ1v) is 6.67. The van der Waals surface area contributed by atoms with Crippen LogP contribution in [-0.2, 0) is 0 Å². The summed E-state index contributed by atoms with van der Waals surface area (Å²) < 4.78 is 1.59. The van der Waals surface area contributed by atoms with E-state index in [2.05, 4.69) is 15.4 Å². The van der Waals surface area contributed by atoms with Gasteiger partial charge in [0.1, 0.15) is 0 Å². The van der Waals surface area contributed by atoms with Crippen molar-refractivity contribution in [2.24, 2.45) is 5.92 Å². The van der Waals surface area contributed by atoms with Gasteiger partial charge in [0.25, 0.3) is 5.91 Å². The second-order valence-electron chi connectivity index (χ2n) is 5.74. The predicted octanol–water partition coefficient (Wildman–Crippen LogP) is 1.26. The Morgan fingerprint density at radius 1 is 1.50 bits per heavy atom. The van der Waals surface area contributed by atoms with Crippen molar-refractivity contribution >= 4 is 11.4 Å². The molecule has 2 heterocycles. The van der Waals surface area contributed by atoms with Crippen molar-refractivity contribution in [3.05, 3.63) is 30.4 Å². The van der Waals surface area contributed by atoms with E-state index in [0.29, 0.717) is 23.4 Å². The molecule has 2 aromatic heterocycles. The molecule has 0 aliphatic heterocycles. The van der Waals surface area contributed by atoms with Gasteiger partial charge in [-0.3, -0.25) is 9.78 Å². The molecule has 1 unspecified atom stereocenters. The Kier molecular flexibility index (Phi) is 4.04. The van der Waals surface area contributed by atoms with Crippen molar-refractivity contribution in [2.75, 3.05) is 6.54 Å². The zero-order valence-electron chi connectivity index (χ0n) is 12.0. The minimum atomic E-state index is -0.912. The Bertz CT molecular complexity index is 604. The van der Waals surface area contributed by atoms with E-state index in [0.717, 1.165) is 0 Å². The maximum absolute atomic E-state index is 12.1. The second-order valence-corrected chi connectivity index (χ2v) is 5.74. The Balaban J connectivity index is 2.06. The normalized spacial score (nSPS) is 14.4. The number of carbonyl (C=O) groups is 1. The highest BCUT2D eigenvalue weighted by Crippen LogP contribution is 2.15. The van der Waals surface area contributed by atoms with Crippen molar-refractivity contribution in [2.45, 2.75) is 32.8 Å². The fourth-order valence-corrected chi connectivity index (χ4v) is 2.33. The summed E-state index contributed by atoms with van der Waals surface area (Å²) in [5.74, 6) is 0.111. The third kappa shape index (κ3) is 3.33. The van der Waals surface area contributed by atoms with E-state index in [4.69, 9.17) is 0 Å². The first-order valence-electron chi connectivity index (χ1n) is 6.67. The van der Waals surface area contributed by atoms with Crippen LogP contribution in [0.3, 0.4) is 0 Å². The molecule has 2 N–H and O–H groups in total. The maximum atomic E-state index is 12.1. The fraction of sp³-hybridized carbons (Fsp3) is 0.500. The summed E-state index contributed by atoms with van der Waals surface area (Å²) >= 11 is 0. The van der Waals surface area contributed by atoms with Gasteiger partial charge in [-0.05, 0) is 19.3 Å². The van der Waals surface area contributed by atoms with E-state index in [1.165, 1.54) is 6.20 Å². The number of hydrogen-bond acceptors (Lipinski definition) is 4. The Morgan fingerprint density at radius 3 is 2.95 bits per heavy atom. The first-order chi connectivity index (χ1) is 9.39. The lowest BCUT2D eigenvalue weighted by Gasteiger charge is -2.25. The molecule has 2 rings (SSSR count). The highest BCUT2D eigenvalue weighted by atomic mass is 16.3. The number of fused-ring (bicyclic) bond motifs is 1. The molecule has 0 saturated heterocycles. The van der Waals surface area contributed by atoms with Gasteiger partial charge < -0.3 is 10.4 Å². The molecular formula is C14H20N4O2. The molecule has 0 aromatic carbocycles. The van der Waals surface area contributed by atoms with Crippen LogP contribution in [0.15, 0.2) is 24.8 Å². The Labute approximate surface area is 117 Å². The molecule has 6 heteroatoms. The van der Waals surface area contributed by atoms with Gasteiger partial charge in [0.05, 0.1) is 29.1 Å². The topological polar surface area (TPSA) is 79.5 Å². The van der Waals surface area contributed by atoms with Gasteiger partial charge >= 0.3 is 0 Å². The van der Waals surface area contributed by atoms with Gasteiger partial charge in [-0.25, -0.2) is 4.52 Å². The molecule has 2 aromatic rings. The standard InChI is InChI=1S/C14H20N4O2/c1-10(2)6-14(3,20)9-16-13(19)11-7-17-18-5-4-15-8-12(11)18/h4-5,7-8,10,20H,6,9H2,1-3H3,(H,16,19). The lowest BCUT2D eigenvalue weighted by atomic mass is 9.94. The molecule has 6 nitrogen and oxygen atoms in total. The molecule has 0 spiro atoms. The van der Waals surface area contributed by atoms with Gasteiger partial charge in [0.15, 0.2) is 0 Å². The summed E-state index contributed by atoms with van der Waals surface area (Å²) in [5.41, 5.74) is 0.192. The van der Waals surface area contributed by atoms with Crippen LogP contribution in [0.5, 0.6) is 0 Å². The van der Waals surface area contributed by atoms with Gasteiger partial charge in [-0.15, -0.1) is 0 Å². The fourth-order valence-electron chi connectivity index (χ4n) is 2.33. The number of aromatic nitrogens is 3. The van der Waals surface area contributed by atoms with E-state index >= 15 is 0 Å². The lowest BCUT2D eigenvalue weighted by Crippen LogP contribution is -2.41. The molecule has 0 aliphatic carbocycles. The van der Waals surface area contributed by atoms with Crippen LogP contribution in [0.1, 0.15) is 37.6 Å². The molecule has 1 amide bonds. The highest BCUT2D eigenvalue weighted by Gasteiger charge is 2.23. The average molecular weight is 276 g/mol. The van der Waals surface area contributed by atoms with Crippen molar-refractivity contribution in [1.29, 1.82) is 0 Å². The van der Waals surface area contributed by atoms with Crippen LogP contribution in [0.25, 0.3) is 5.52 Å². The highest BCUT2D eigenvalue weighted by molar-refractivity contribution is 6.00. The minimum Gasteiger partial charge on any atom is -0.388 e. The van der Waals surface area contributed by atoms with Crippen LogP contribution < -0.4 is 5.32 Å². The third-order valence-corrected chi connectivity index (χ3v) is 3.05. The Morgan fingerprint density at radius 2 is 2.25 bits per heavy atom. The third-order valence-electron chi connectivity index (χ3n) is 3.05. The summed E-state index contributed by atoms with van der Waals surface area (Å²) in [6.07, 6.45) is 7.01. The van der Waals surface area contributed by atoms with Crippen LogP contribution >= 0.6 is 0 Å². The van der Waals surface area contributed by atoms with Gasteiger partial charge in [0.2, 0.25) is 0 Å². The van der Waals surface area contributed by atoms with E-state index in [9.17, 15) is 9.90 Å². The second kappa shape index (κ2) is 5.58. The SMILES string of the molecule is CC(C)CC(C)(O)CNC(=O)c1cnn2ccncc12. The van der Waals surface area contributed by atoms with E-state index in [1.54, 1.807) is 30.0 Å². The molecule has 0 radical (unpaired) electrons. The smallest absolute Gasteiger partial charge is 0.255 e. The van der Waals surface area contributed by atoms with Crippen LogP contribution in [0.2, 0.25) is 0 Å². The predicted molar refractivity (Wildman–Crippen MR) is 75.4 cm³/mol. The maximum Gasteiger partial charge on any atom is 0.255 e. The van der Waals surface area contributed by atoms with Crippen LogP contribution in [0.4, 0.5) is 0 Å². The van der Waals surface area contributed by atoms with Crippen LogP contribution in [-0.4, -0.2) is 37.8 Å². The van der Waals surface area contributed by atoms with Gasteiger partial charge in [-0.1, -0.05) is 13.8 Å². The van der Waals surface area contributed by atoms with Gasteiger partial charge in [0, 0.05) is 18.9 Å². The molecule has 1 atom stereocenters. The lowest BCUT2D eigenvalue weighted by molar-refractivity contribution is 0.0368. The summed E-state index contributed by atoms with van der Waals surface area (Å²) in [4.78, 5) is 16.1. The molecule has 0 saturated carbocycles. The number of carbonyl (C=O) groups excluding carboxylic acids is 1. The molecule has 20 heavy (non-hydrogen) atoms. The van der Waals surface area contributed by atoms with Crippen molar-refractivity contribution in [3.63, 3.8) is 0 Å². The Hall–Kier alpha value is -1.95. The number of nitrogens with one attached hydrogen (secondary N) is 1. The summed E-state index contributed by atoms with van der Waals surface area (Å²) in [5, 5.41) is 17.0. The number of rotatable bonds is 5. The summed E-state index contributed by atoms with van der Waals surface area (Å²) in [6, 6.07) is 0. The molecule has 108 valence electrons. The summed E-state index contributed by atoms with van der Waals surface area (Å²) in [6.45, 7) is 6.01. The van der Waals surface area contributed by atoms with Crippen molar-refractivity contribution in [1.82, 2.24) is 19.9 Å². The average Bonchev–Trinajstić information content (AvgIpc) is 2.78. The van der Waals surface area contributed by atoms with Gasteiger partial charge in [-0.2, -0.15) is 5.10 Å². The summed E-state index contributed by atoms with van der Waals surface area (Å²) in [7, 11) is 0. The van der Waals surface area contributed by atoms with Crippen molar-refractivity contribution in [3.8, 4) is 0 Å². The van der Waals surface area contributed by atoms with E-state index < -0.39 is 5.60 Å².